The molecule has 2 unspecified atom stereocenters. The van der Waals surface area contributed by atoms with Crippen LogP contribution in [0.15, 0.2) is 60.2 Å². The molecule has 3 aromatic carbocycles. The third kappa shape index (κ3) is 4.21. The Morgan fingerprint density at radius 1 is 1.15 bits per heavy atom. The molecule has 9 nitrogen and oxygen atoms in total. The molecule has 1 saturated heterocycles. The number of phenols is 1. The standard InChI is InChI=1S/C30H26N2O7S/c1-4-38-23-13-16(5-9-21(23)33)26-25(27(34)17-6-10-22-18(12-17)11-15(2)39-22)28(35)29(36)32(26)30-31-20-8-7-19(37-3)14-24(20)40-30/h5-10,12-15,26,33-34H,4,11H2,1-3H3. The smallest absolute Gasteiger partial charge is 0.301 e. The van der Waals surface area contributed by atoms with Gasteiger partial charge in [-0.3, -0.25) is 14.5 Å². The lowest BCUT2D eigenvalue weighted by Crippen LogP contribution is -2.29. The average Bonchev–Trinajstić information content (AvgIpc) is 3.61. The van der Waals surface area contributed by atoms with Crippen LogP contribution in [0.1, 0.15) is 36.6 Å². The summed E-state index contributed by atoms with van der Waals surface area (Å²) in [7, 11) is 1.56. The van der Waals surface area contributed by atoms with Crippen molar-refractivity contribution in [1.29, 1.82) is 0 Å². The molecule has 0 aliphatic carbocycles. The SMILES string of the molecule is CCOc1cc(C2C(=C(O)c3ccc4c(c3)CC(C)O4)C(=O)C(=O)N2c2nc3ccc(OC)cc3s2)ccc1O. The fraction of sp³-hybridized carbons (Fsp3) is 0.233. The number of hydrogen-bond donors (Lipinski definition) is 2. The van der Waals surface area contributed by atoms with Gasteiger partial charge in [0.1, 0.15) is 23.4 Å². The number of aliphatic hydroxyl groups is 1. The summed E-state index contributed by atoms with van der Waals surface area (Å²) in [6, 6.07) is 14.2. The second-order valence-corrected chi connectivity index (χ2v) is 10.6. The van der Waals surface area contributed by atoms with Crippen molar-refractivity contribution in [2.24, 2.45) is 0 Å². The van der Waals surface area contributed by atoms with Crippen molar-refractivity contribution >= 4 is 44.1 Å². The number of methoxy groups -OCH3 is 1. The number of Topliss-reactive ketones (excluding diaryl/α,β-unsaturated/α-hetero) is 1. The van der Waals surface area contributed by atoms with Crippen LogP contribution in [0.2, 0.25) is 0 Å². The number of aromatic nitrogens is 1. The van der Waals surface area contributed by atoms with Gasteiger partial charge in [-0.2, -0.15) is 0 Å². The van der Waals surface area contributed by atoms with E-state index in [9.17, 15) is 19.8 Å². The first-order valence-electron chi connectivity index (χ1n) is 12.8. The normalized spacial score (nSPS) is 19.6. The highest BCUT2D eigenvalue weighted by Crippen LogP contribution is 2.46. The minimum atomic E-state index is -1.02. The highest BCUT2D eigenvalue weighted by atomic mass is 32.1. The van der Waals surface area contributed by atoms with Crippen LogP contribution in [-0.4, -0.2) is 46.7 Å². The van der Waals surface area contributed by atoms with Crippen LogP contribution >= 0.6 is 11.3 Å². The first-order chi connectivity index (χ1) is 19.3. The molecular formula is C30H26N2O7S. The molecule has 0 radical (unpaired) electrons. The fourth-order valence-corrected chi connectivity index (χ4v) is 6.19. The highest BCUT2D eigenvalue weighted by Gasteiger charge is 2.48. The Labute approximate surface area is 233 Å². The number of hydrogen-bond acceptors (Lipinski definition) is 9. The summed E-state index contributed by atoms with van der Waals surface area (Å²) in [6.07, 6.45) is 0.670. The lowest BCUT2D eigenvalue weighted by molar-refractivity contribution is -0.132. The number of ketones is 1. The number of ether oxygens (including phenoxy) is 3. The van der Waals surface area contributed by atoms with E-state index in [0.29, 0.717) is 35.4 Å². The number of aromatic hydroxyl groups is 1. The number of thiazole rings is 1. The van der Waals surface area contributed by atoms with Crippen LogP contribution in [0.3, 0.4) is 0 Å². The molecular weight excluding hydrogens is 532 g/mol. The maximum absolute atomic E-state index is 13.6. The van der Waals surface area contributed by atoms with Crippen LogP contribution in [0, 0.1) is 0 Å². The Bertz CT molecular complexity index is 1710. The summed E-state index contributed by atoms with van der Waals surface area (Å²) in [5.41, 5.74) is 2.33. The predicted molar refractivity (Wildman–Crippen MR) is 150 cm³/mol. The molecule has 2 atom stereocenters. The van der Waals surface area contributed by atoms with E-state index in [1.54, 1.807) is 56.5 Å². The summed E-state index contributed by atoms with van der Waals surface area (Å²) >= 11 is 1.23. The van der Waals surface area contributed by atoms with E-state index in [1.165, 1.54) is 22.3 Å². The molecule has 0 saturated carbocycles. The van der Waals surface area contributed by atoms with E-state index in [4.69, 9.17) is 14.2 Å². The van der Waals surface area contributed by atoms with E-state index in [1.807, 2.05) is 13.0 Å². The quantitative estimate of drug-likeness (QED) is 0.185. The first-order valence-corrected chi connectivity index (χ1v) is 13.6. The van der Waals surface area contributed by atoms with Crippen LogP contribution in [-0.2, 0) is 16.0 Å². The van der Waals surface area contributed by atoms with E-state index in [-0.39, 0.29) is 34.1 Å². The number of aliphatic hydroxyl groups excluding tert-OH is 1. The second kappa shape index (κ2) is 9.87. The van der Waals surface area contributed by atoms with Gasteiger partial charge in [0.25, 0.3) is 5.78 Å². The highest BCUT2D eigenvalue weighted by molar-refractivity contribution is 7.22. The maximum Gasteiger partial charge on any atom is 0.301 e. The zero-order valence-electron chi connectivity index (χ0n) is 22.0. The largest absolute Gasteiger partial charge is 0.507 e. The summed E-state index contributed by atoms with van der Waals surface area (Å²) in [4.78, 5) is 33.2. The molecule has 0 spiro atoms. The maximum atomic E-state index is 13.6. The van der Waals surface area contributed by atoms with Gasteiger partial charge in [0.05, 0.1) is 35.5 Å². The van der Waals surface area contributed by atoms with Crippen molar-refractivity contribution in [3.05, 3.63) is 76.9 Å². The monoisotopic (exact) mass is 558 g/mol. The van der Waals surface area contributed by atoms with E-state index in [0.717, 1.165) is 16.0 Å². The first kappa shape index (κ1) is 25.7. The molecule has 10 heteroatoms. The molecule has 1 aromatic heterocycles. The molecule has 2 aliphatic heterocycles. The van der Waals surface area contributed by atoms with Crippen molar-refractivity contribution in [3.8, 4) is 23.0 Å². The topological polar surface area (TPSA) is 118 Å². The van der Waals surface area contributed by atoms with Crippen molar-refractivity contribution in [3.63, 3.8) is 0 Å². The van der Waals surface area contributed by atoms with E-state index >= 15 is 0 Å². The molecule has 204 valence electrons. The third-order valence-corrected chi connectivity index (χ3v) is 8.02. The van der Waals surface area contributed by atoms with Gasteiger partial charge in [-0.25, -0.2) is 4.98 Å². The Morgan fingerprint density at radius 3 is 2.75 bits per heavy atom. The van der Waals surface area contributed by atoms with Crippen LogP contribution in [0.4, 0.5) is 5.13 Å². The Hall–Kier alpha value is -4.57. The lowest BCUT2D eigenvalue weighted by Gasteiger charge is -2.23. The number of nitrogens with zero attached hydrogens (tertiary/aromatic N) is 2. The summed E-state index contributed by atoms with van der Waals surface area (Å²) in [5, 5.41) is 22.2. The third-order valence-electron chi connectivity index (χ3n) is 7.00. The summed E-state index contributed by atoms with van der Waals surface area (Å²) < 4.78 is 17.5. The van der Waals surface area contributed by atoms with Gasteiger partial charge in [0.15, 0.2) is 16.6 Å². The van der Waals surface area contributed by atoms with Gasteiger partial charge in [-0.05, 0) is 73.5 Å². The zero-order chi connectivity index (χ0) is 28.1. The molecule has 2 N–H and O–H groups in total. The van der Waals surface area contributed by atoms with Crippen LogP contribution in [0.25, 0.3) is 16.0 Å². The number of amides is 1. The molecule has 40 heavy (non-hydrogen) atoms. The number of anilines is 1. The van der Waals surface area contributed by atoms with Gasteiger partial charge >= 0.3 is 5.91 Å². The van der Waals surface area contributed by atoms with Gasteiger partial charge in [-0.15, -0.1) is 0 Å². The Balaban J connectivity index is 1.54. The van der Waals surface area contributed by atoms with E-state index < -0.39 is 17.7 Å². The molecule has 4 aromatic rings. The molecule has 0 bridgehead atoms. The molecule has 2 aliphatic rings. The van der Waals surface area contributed by atoms with Crippen molar-refractivity contribution < 1.29 is 34.0 Å². The zero-order valence-corrected chi connectivity index (χ0v) is 22.8. The fourth-order valence-electron chi connectivity index (χ4n) is 5.16. The summed E-state index contributed by atoms with van der Waals surface area (Å²) in [5.74, 6) is -0.480. The Kier molecular flexibility index (Phi) is 6.34. The minimum Gasteiger partial charge on any atom is -0.507 e. The minimum absolute atomic E-state index is 0.00428. The van der Waals surface area contributed by atoms with Gasteiger partial charge in [0, 0.05) is 12.0 Å². The molecule has 3 heterocycles. The van der Waals surface area contributed by atoms with Gasteiger partial charge in [-0.1, -0.05) is 17.4 Å². The number of phenolic OH excluding ortho intramolecular Hbond substituents is 1. The van der Waals surface area contributed by atoms with E-state index in [2.05, 4.69) is 4.98 Å². The van der Waals surface area contributed by atoms with Crippen molar-refractivity contribution in [1.82, 2.24) is 4.98 Å². The average molecular weight is 559 g/mol. The van der Waals surface area contributed by atoms with Crippen LogP contribution < -0.4 is 19.1 Å². The number of carbonyl (C=O) groups is 2. The lowest BCUT2D eigenvalue weighted by atomic mass is 9.94. The second-order valence-electron chi connectivity index (χ2n) is 9.61. The molecule has 1 fully saturated rings. The molecule has 1 amide bonds. The molecule has 6 rings (SSSR count). The predicted octanol–water partition coefficient (Wildman–Crippen LogP) is 5.36. The number of benzene rings is 3. The Morgan fingerprint density at radius 2 is 1.98 bits per heavy atom. The van der Waals surface area contributed by atoms with Crippen molar-refractivity contribution in [2.75, 3.05) is 18.6 Å². The van der Waals surface area contributed by atoms with Gasteiger partial charge < -0.3 is 24.4 Å². The van der Waals surface area contributed by atoms with Gasteiger partial charge in [0.2, 0.25) is 0 Å². The van der Waals surface area contributed by atoms with Crippen LogP contribution in [0.5, 0.6) is 23.0 Å². The number of carbonyl (C=O) groups excluding carboxylic acids is 2. The summed E-state index contributed by atoms with van der Waals surface area (Å²) in [6.45, 7) is 4.04. The number of rotatable bonds is 6. The number of fused-ring (bicyclic) bond motifs is 2. The van der Waals surface area contributed by atoms with Crippen molar-refractivity contribution in [2.45, 2.75) is 32.4 Å².